The van der Waals surface area contributed by atoms with Gasteiger partial charge in [0, 0.05) is 31.4 Å². The van der Waals surface area contributed by atoms with Crippen molar-refractivity contribution in [2.45, 2.75) is 44.0 Å². The highest BCUT2D eigenvalue weighted by molar-refractivity contribution is 7.89. The first kappa shape index (κ1) is 21.8. The number of amides is 1. The summed E-state index contributed by atoms with van der Waals surface area (Å²) in [6, 6.07) is 11.4. The standard InChI is InChI=1S/C21H29N3O3S2/c1-16(2)18(23-17-9-5-3-6-10-17)15-22-21(25)20-19(11-14-28-20)29(26,27)24-12-7-4-8-13-24/h3,5-6,9-11,14,16,18,23H,4,7-8,12-13,15H2,1-2H3,(H,22,25). The van der Waals surface area contributed by atoms with Crippen LogP contribution in [0.2, 0.25) is 0 Å². The Labute approximate surface area is 177 Å². The fourth-order valence-corrected chi connectivity index (χ4v) is 6.23. The summed E-state index contributed by atoms with van der Waals surface area (Å²) in [5, 5.41) is 8.04. The maximum atomic E-state index is 13.0. The molecule has 3 rings (SSSR count). The zero-order chi connectivity index (χ0) is 20.9. The van der Waals surface area contributed by atoms with Crippen LogP contribution in [0.4, 0.5) is 5.69 Å². The van der Waals surface area contributed by atoms with Crippen molar-refractivity contribution in [2.24, 2.45) is 5.92 Å². The molecule has 1 aliphatic heterocycles. The lowest BCUT2D eigenvalue weighted by Crippen LogP contribution is -2.40. The third-order valence-corrected chi connectivity index (χ3v) is 8.16. The molecule has 1 atom stereocenters. The summed E-state index contributed by atoms with van der Waals surface area (Å²) in [6.45, 7) is 5.63. The number of nitrogens with one attached hydrogen (secondary N) is 2. The van der Waals surface area contributed by atoms with E-state index in [4.69, 9.17) is 0 Å². The number of anilines is 1. The van der Waals surface area contributed by atoms with Crippen LogP contribution >= 0.6 is 11.3 Å². The number of rotatable bonds is 8. The van der Waals surface area contributed by atoms with Gasteiger partial charge in [-0.25, -0.2) is 8.42 Å². The fraction of sp³-hybridized carbons (Fsp3) is 0.476. The summed E-state index contributed by atoms with van der Waals surface area (Å²) >= 11 is 1.17. The Hall–Kier alpha value is -1.90. The van der Waals surface area contributed by atoms with Crippen LogP contribution in [0.15, 0.2) is 46.7 Å². The predicted octanol–water partition coefficient (Wildman–Crippen LogP) is 3.79. The van der Waals surface area contributed by atoms with Gasteiger partial charge in [-0.1, -0.05) is 38.5 Å². The summed E-state index contributed by atoms with van der Waals surface area (Å²) < 4.78 is 27.5. The molecule has 0 aliphatic carbocycles. The second-order valence-corrected chi connectivity index (χ2v) is 10.5. The molecule has 1 aliphatic rings. The van der Waals surface area contributed by atoms with Crippen molar-refractivity contribution in [2.75, 3.05) is 25.0 Å². The molecule has 29 heavy (non-hydrogen) atoms. The first-order chi connectivity index (χ1) is 13.9. The van der Waals surface area contributed by atoms with Crippen molar-refractivity contribution in [3.05, 3.63) is 46.7 Å². The number of benzene rings is 1. The van der Waals surface area contributed by atoms with E-state index in [-0.39, 0.29) is 27.6 Å². The summed E-state index contributed by atoms with van der Waals surface area (Å²) in [5.74, 6) is -0.0495. The van der Waals surface area contributed by atoms with Gasteiger partial charge in [0.25, 0.3) is 5.91 Å². The molecule has 8 heteroatoms. The van der Waals surface area contributed by atoms with E-state index >= 15 is 0 Å². The minimum Gasteiger partial charge on any atom is -0.380 e. The molecule has 0 radical (unpaired) electrons. The van der Waals surface area contributed by atoms with Gasteiger partial charge in [-0.2, -0.15) is 4.31 Å². The minimum absolute atomic E-state index is 0.0310. The number of hydrogen-bond acceptors (Lipinski definition) is 5. The maximum absolute atomic E-state index is 13.0. The monoisotopic (exact) mass is 435 g/mol. The number of sulfonamides is 1. The van der Waals surface area contributed by atoms with Crippen molar-refractivity contribution >= 4 is 33.0 Å². The van der Waals surface area contributed by atoms with Gasteiger partial charge < -0.3 is 10.6 Å². The van der Waals surface area contributed by atoms with E-state index in [0.717, 1.165) is 24.9 Å². The van der Waals surface area contributed by atoms with Crippen LogP contribution < -0.4 is 10.6 Å². The Morgan fingerprint density at radius 2 is 1.79 bits per heavy atom. The third-order valence-electron chi connectivity index (χ3n) is 5.18. The second kappa shape index (κ2) is 9.73. The van der Waals surface area contributed by atoms with E-state index in [1.54, 1.807) is 11.4 Å². The topological polar surface area (TPSA) is 78.5 Å². The molecule has 0 spiro atoms. The van der Waals surface area contributed by atoms with E-state index in [1.165, 1.54) is 15.6 Å². The molecule has 1 amide bonds. The summed E-state index contributed by atoms with van der Waals surface area (Å²) in [4.78, 5) is 13.2. The molecular weight excluding hydrogens is 406 g/mol. The van der Waals surface area contributed by atoms with Gasteiger partial charge in [0.15, 0.2) is 0 Å². The highest BCUT2D eigenvalue weighted by Crippen LogP contribution is 2.27. The van der Waals surface area contributed by atoms with E-state index < -0.39 is 10.0 Å². The largest absolute Gasteiger partial charge is 0.380 e. The first-order valence-electron chi connectivity index (χ1n) is 10.1. The first-order valence-corrected chi connectivity index (χ1v) is 12.4. The van der Waals surface area contributed by atoms with Gasteiger partial charge in [-0.05, 0) is 42.3 Å². The lowest BCUT2D eigenvalue weighted by atomic mass is 10.0. The van der Waals surface area contributed by atoms with Gasteiger partial charge >= 0.3 is 0 Å². The van der Waals surface area contributed by atoms with Crippen molar-refractivity contribution in [1.82, 2.24) is 9.62 Å². The smallest absolute Gasteiger partial charge is 0.262 e. The van der Waals surface area contributed by atoms with Crippen LogP contribution in [0.3, 0.4) is 0 Å². The number of hydrogen-bond donors (Lipinski definition) is 2. The van der Waals surface area contributed by atoms with Crippen LogP contribution in [-0.2, 0) is 10.0 Å². The highest BCUT2D eigenvalue weighted by atomic mass is 32.2. The number of carbonyl (C=O) groups excluding carboxylic acids is 1. The number of thiophene rings is 1. The molecular formula is C21H29N3O3S2. The molecule has 2 N–H and O–H groups in total. The summed E-state index contributed by atoms with van der Waals surface area (Å²) in [6.07, 6.45) is 2.78. The van der Waals surface area contributed by atoms with Crippen LogP contribution in [0, 0.1) is 5.92 Å². The van der Waals surface area contributed by atoms with Gasteiger partial charge in [0.1, 0.15) is 9.77 Å². The number of piperidine rings is 1. The van der Waals surface area contributed by atoms with Gasteiger partial charge in [-0.15, -0.1) is 11.3 Å². The molecule has 2 heterocycles. The van der Waals surface area contributed by atoms with E-state index in [9.17, 15) is 13.2 Å². The van der Waals surface area contributed by atoms with Crippen LogP contribution in [0.5, 0.6) is 0 Å². The quantitative estimate of drug-likeness (QED) is 0.661. The van der Waals surface area contributed by atoms with E-state index in [0.29, 0.717) is 19.6 Å². The van der Waals surface area contributed by atoms with Crippen LogP contribution in [0.1, 0.15) is 42.8 Å². The van der Waals surface area contributed by atoms with Crippen molar-refractivity contribution in [3.8, 4) is 0 Å². The molecule has 158 valence electrons. The van der Waals surface area contributed by atoms with Crippen LogP contribution in [-0.4, -0.2) is 44.3 Å². The van der Waals surface area contributed by atoms with Gasteiger partial charge in [0.05, 0.1) is 0 Å². The van der Waals surface area contributed by atoms with E-state index in [2.05, 4.69) is 24.5 Å². The molecule has 1 saturated heterocycles. The zero-order valence-electron chi connectivity index (χ0n) is 16.9. The second-order valence-electron chi connectivity index (χ2n) is 7.65. The average Bonchev–Trinajstić information content (AvgIpc) is 3.23. The van der Waals surface area contributed by atoms with Gasteiger partial charge in [-0.3, -0.25) is 4.79 Å². The Bertz CT molecular complexity index is 904. The molecule has 1 aromatic heterocycles. The summed E-state index contributed by atoms with van der Waals surface area (Å²) in [7, 11) is -3.63. The Balaban J connectivity index is 1.69. The number of para-hydroxylation sites is 1. The molecule has 1 fully saturated rings. The lowest BCUT2D eigenvalue weighted by Gasteiger charge is -2.26. The molecule has 0 bridgehead atoms. The van der Waals surface area contributed by atoms with E-state index in [1.807, 2.05) is 30.3 Å². The SMILES string of the molecule is CC(C)C(CNC(=O)c1sccc1S(=O)(=O)N1CCCCC1)Nc1ccccc1. The maximum Gasteiger partial charge on any atom is 0.262 e. The fourth-order valence-electron chi connectivity index (χ4n) is 3.40. The number of nitrogens with zero attached hydrogens (tertiary/aromatic N) is 1. The average molecular weight is 436 g/mol. The number of carbonyl (C=O) groups is 1. The Morgan fingerprint density at radius 1 is 1.10 bits per heavy atom. The molecule has 2 aromatic rings. The highest BCUT2D eigenvalue weighted by Gasteiger charge is 2.31. The van der Waals surface area contributed by atoms with Crippen molar-refractivity contribution in [1.29, 1.82) is 0 Å². The molecule has 6 nitrogen and oxygen atoms in total. The lowest BCUT2D eigenvalue weighted by molar-refractivity contribution is 0.0951. The Kier molecular flexibility index (Phi) is 7.32. The molecule has 1 unspecified atom stereocenters. The van der Waals surface area contributed by atoms with Crippen molar-refractivity contribution < 1.29 is 13.2 Å². The van der Waals surface area contributed by atoms with Crippen LogP contribution in [0.25, 0.3) is 0 Å². The third kappa shape index (κ3) is 5.38. The predicted molar refractivity (Wildman–Crippen MR) is 118 cm³/mol. The molecule has 0 saturated carbocycles. The molecule has 1 aromatic carbocycles. The summed E-state index contributed by atoms with van der Waals surface area (Å²) in [5.41, 5.74) is 0.991. The normalized spacial score (nSPS) is 16.5. The zero-order valence-corrected chi connectivity index (χ0v) is 18.6. The van der Waals surface area contributed by atoms with Gasteiger partial charge in [0.2, 0.25) is 10.0 Å². The Morgan fingerprint density at radius 3 is 2.45 bits per heavy atom. The van der Waals surface area contributed by atoms with Crippen molar-refractivity contribution in [3.63, 3.8) is 0 Å². The minimum atomic E-state index is -3.63.